The number of esters is 1. The molecule has 0 unspecified atom stereocenters. The molecular formula is C17H11F3N2O2. The second kappa shape index (κ2) is 5.92. The number of methoxy groups -OCH3 is 1. The number of ether oxygens (including phenoxy) is 1. The molecule has 1 aromatic carbocycles. The van der Waals surface area contributed by atoms with E-state index in [9.17, 15) is 18.0 Å². The molecule has 7 heteroatoms. The quantitative estimate of drug-likeness (QED) is 0.663. The van der Waals surface area contributed by atoms with Crippen molar-refractivity contribution in [3.05, 3.63) is 59.9 Å². The number of rotatable bonds is 2. The number of carbonyl (C=O) groups excluding carboxylic acids is 1. The lowest BCUT2D eigenvalue weighted by Crippen LogP contribution is -2.07. The van der Waals surface area contributed by atoms with Crippen LogP contribution in [0.15, 0.2) is 48.8 Å². The Bertz CT molecular complexity index is 923. The Kier molecular flexibility index (Phi) is 3.92. The van der Waals surface area contributed by atoms with Crippen molar-refractivity contribution in [1.29, 1.82) is 0 Å². The average Bonchev–Trinajstić information content (AvgIpc) is 2.59. The maximum atomic E-state index is 12.9. The first-order valence-electron chi connectivity index (χ1n) is 6.91. The van der Waals surface area contributed by atoms with Crippen molar-refractivity contribution < 1.29 is 22.7 Å². The average molecular weight is 332 g/mol. The molecular weight excluding hydrogens is 321 g/mol. The van der Waals surface area contributed by atoms with Crippen molar-refractivity contribution >= 4 is 16.9 Å². The van der Waals surface area contributed by atoms with Crippen molar-refractivity contribution in [1.82, 2.24) is 9.97 Å². The Hall–Kier alpha value is -2.96. The molecule has 2 heterocycles. The largest absolute Gasteiger partial charge is 0.465 e. The number of carbonyl (C=O) groups is 1. The summed E-state index contributed by atoms with van der Waals surface area (Å²) in [6.45, 7) is 0. The third-order valence-corrected chi connectivity index (χ3v) is 3.48. The summed E-state index contributed by atoms with van der Waals surface area (Å²) in [6, 6.07) is 7.80. The van der Waals surface area contributed by atoms with E-state index in [4.69, 9.17) is 4.74 Å². The van der Waals surface area contributed by atoms with Crippen molar-refractivity contribution in [2.24, 2.45) is 0 Å². The molecule has 0 aliphatic carbocycles. The Morgan fingerprint density at radius 2 is 1.96 bits per heavy atom. The number of pyridine rings is 2. The van der Waals surface area contributed by atoms with Crippen LogP contribution >= 0.6 is 0 Å². The molecule has 0 aliphatic heterocycles. The zero-order valence-corrected chi connectivity index (χ0v) is 12.5. The van der Waals surface area contributed by atoms with Gasteiger partial charge < -0.3 is 4.74 Å². The molecule has 24 heavy (non-hydrogen) atoms. The fourth-order valence-corrected chi connectivity index (χ4v) is 2.35. The van der Waals surface area contributed by atoms with Gasteiger partial charge in [0.25, 0.3) is 0 Å². The van der Waals surface area contributed by atoms with E-state index < -0.39 is 17.7 Å². The van der Waals surface area contributed by atoms with Crippen molar-refractivity contribution in [2.75, 3.05) is 7.11 Å². The lowest BCUT2D eigenvalue weighted by Gasteiger charge is -2.12. The van der Waals surface area contributed by atoms with E-state index in [1.807, 2.05) is 0 Å². The highest BCUT2D eigenvalue weighted by molar-refractivity contribution is 6.00. The fourth-order valence-electron chi connectivity index (χ4n) is 2.35. The molecule has 3 rings (SSSR count). The Morgan fingerprint density at radius 1 is 1.17 bits per heavy atom. The van der Waals surface area contributed by atoms with Crippen LogP contribution in [-0.2, 0) is 10.9 Å². The second-order valence-electron chi connectivity index (χ2n) is 5.02. The third kappa shape index (κ3) is 2.92. The number of nitrogens with zero attached hydrogens (tertiary/aromatic N) is 2. The number of hydrogen-bond acceptors (Lipinski definition) is 4. The predicted molar refractivity (Wildman–Crippen MR) is 81.3 cm³/mol. The first-order valence-corrected chi connectivity index (χ1v) is 6.91. The van der Waals surface area contributed by atoms with Crippen LogP contribution in [-0.4, -0.2) is 23.0 Å². The summed E-state index contributed by atoms with van der Waals surface area (Å²) in [4.78, 5) is 20.3. The molecule has 0 aliphatic rings. The minimum Gasteiger partial charge on any atom is -0.465 e. The van der Waals surface area contributed by atoms with Gasteiger partial charge in [0.15, 0.2) is 0 Å². The van der Waals surface area contributed by atoms with Gasteiger partial charge in [-0.25, -0.2) is 9.78 Å². The smallest absolute Gasteiger partial charge is 0.416 e. The number of benzene rings is 1. The summed E-state index contributed by atoms with van der Waals surface area (Å²) in [5.74, 6) is -0.680. The molecule has 0 atom stereocenters. The molecule has 0 bridgehead atoms. The van der Waals surface area contributed by atoms with Crippen LogP contribution in [0.25, 0.3) is 22.2 Å². The molecule has 4 nitrogen and oxygen atoms in total. The zero-order valence-electron chi connectivity index (χ0n) is 12.5. The van der Waals surface area contributed by atoms with Crippen molar-refractivity contribution in [3.63, 3.8) is 0 Å². The summed E-state index contributed by atoms with van der Waals surface area (Å²) in [5, 5.41) is 0.591. The van der Waals surface area contributed by atoms with Crippen molar-refractivity contribution in [2.45, 2.75) is 6.18 Å². The summed E-state index contributed by atoms with van der Waals surface area (Å²) >= 11 is 0. The molecule has 0 amide bonds. The van der Waals surface area contributed by atoms with Gasteiger partial charge in [0, 0.05) is 23.3 Å². The standard InChI is InChI=1S/C17H11F3N2O2/c1-24-16(23)13-8-11-9-21-6-5-14(11)22-15(13)10-3-2-4-12(7-10)17(18,19)20/h2-9H,1H3. The number of fused-ring (bicyclic) bond motifs is 1. The lowest BCUT2D eigenvalue weighted by atomic mass is 10.0. The zero-order chi connectivity index (χ0) is 17.3. The number of alkyl halides is 3. The Morgan fingerprint density at radius 3 is 2.67 bits per heavy atom. The first-order chi connectivity index (χ1) is 11.4. The van der Waals surface area contributed by atoms with Crippen LogP contribution in [0.5, 0.6) is 0 Å². The molecule has 122 valence electrons. The van der Waals surface area contributed by atoms with Crippen LogP contribution in [0.3, 0.4) is 0 Å². The highest BCUT2D eigenvalue weighted by atomic mass is 19.4. The van der Waals surface area contributed by atoms with Gasteiger partial charge in [-0.3, -0.25) is 4.98 Å². The van der Waals surface area contributed by atoms with Crippen molar-refractivity contribution in [3.8, 4) is 11.3 Å². The highest BCUT2D eigenvalue weighted by Gasteiger charge is 2.31. The lowest BCUT2D eigenvalue weighted by molar-refractivity contribution is -0.137. The maximum absolute atomic E-state index is 12.9. The molecule has 0 spiro atoms. The van der Waals surface area contributed by atoms with Gasteiger partial charge in [0.2, 0.25) is 0 Å². The van der Waals surface area contributed by atoms with E-state index >= 15 is 0 Å². The molecule has 0 saturated carbocycles. The molecule has 0 radical (unpaired) electrons. The second-order valence-corrected chi connectivity index (χ2v) is 5.02. The highest BCUT2D eigenvalue weighted by Crippen LogP contribution is 2.33. The van der Waals surface area contributed by atoms with Gasteiger partial charge in [-0.05, 0) is 24.3 Å². The number of aromatic nitrogens is 2. The third-order valence-electron chi connectivity index (χ3n) is 3.48. The maximum Gasteiger partial charge on any atom is 0.416 e. The molecule has 3 aromatic rings. The van der Waals surface area contributed by atoms with Crippen LogP contribution in [0.4, 0.5) is 13.2 Å². The van der Waals surface area contributed by atoms with E-state index in [0.29, 0.717) is 10.9 Å². The van der Waals surface area contributed by atoms with Gasteiger partial charge >= 0.3 is 12.1 Å². The number of halogens is 3. The van der Waals surface area contributed by atoms with Gasteiger partial charge in [0.05, 0.1) is 29.4 Å². The predicted octanol–water partition coefficient (Wildman–Crippen LogP) is 4.10. The SMILES string of the molecule is COC(=O)c1cc2cnccc2nc1-c1cccc(C(F)(F)F)c1. The molecule has 2 aromatic heterocycles. The van der Waals surface area contributed by atoms with E-state index in [1.54, 1.807) is 6.07 Å². The van der Waals surface area contributed by atoms with Gasteiger partial charge in [-0.2, -0.15) is 13.2 Å². The van der Waals surface area contributed by atoms with E-state index in [2.05, 4.69) is 9.97 Å². The minimum atomic E-state index is -4.48. The summed E-state index contributed by atoms with van der Waals surface area (Å²) in [7, 11) is 1.20. The van der Waals surface area contributed by atoms with E-state index in [1.165, 1.54) is 37.7 Å². The van der Waals surface area contributed by atoms with Crippen LogP contribution in [0, 0.1) is 0 Å². The Labute approximate surface area is 134 Å². The first kappa shape index (κ1) is 15.9. The monoisotopic (exact) mass is 332 g/mol. The normalized spacial score (nSPS) is 11.5. The van der Waals surface area contributed by atoms with Crippen LogP contribution in [0.1, 0.15) is 15.9 Å². The molecule has 0 fully saturated rings. The summed E-state index contributed by atoms with van der Waals surface area (Å²) in [5.41, 5.74) is 0.102. The topological polar surface area (TPSA) is 52.1 Å². The number of hydrogen-bond donors (Lipinski definition) is 0. The Balaban J connectivity index is 2.26. The van der Waals surface area contributed by atoms with Gasteiger partial charge in [-0.15, -0.1) is 0 Å². The summed E-state index contributed by atoms with van der Waals surface area (Å²) in [6.07, 6.45) is -1.45. The summed E-state index contributed by atoms with van der Waals surface area (Å²) < 4.78 is 43.5. The van der Waals surface area contributed by atoms with E-state index in [-0.39, 0.29) is 16.8 Å². The van der Waals surface area contributed by atoms with Gasteiger partial charge in [0.1, 0.15) is 0 Å². The molecule has 0 N–H and O–H groups in total. The van der Waals surface area contributed by atoms with Crippen LogP contribution < -0.4 is 0 Å². The molecule has 0 saturated heterocycles. The van der Waals surface area contributed by atoms with Crippen LogP contribution in [0.2, 0.25) is 0 Å². The minimum absolute atomic E-state index is 0.0809. The van der Waals surface area contributed by atoms with Gasteiger partial charge in [-0.1, -0.05) is 12.1 Å². The van der Waals surface area contributed by atoms with E-state index in [0.717, 1.165) is 12.1 Å². The fraction of sp³-hybridized carbons (Fsp3) is 0.118.